The van der Waals surface area contributed by atoms with Crippen molar-refractivity contribution >= 4 is 0 Å². The van der Waals surface area contributed by atoms with Crippen LogP contribution in [0.5, 0.6) is 0 Å². The fourth-order valence-corrected chi connectivity index (χ4v) is 3.67. The van der Waals surface area contributed by atoms with Gasteiger partial charge in [0, 0.05) is 25.0 Å². The number of aryl methyl sites for hydroxylation is 2. The zero-order valence-electron chi connectivity index (χ0n) is 14.0. The summed E-state index contributed by atoms with van der Waals surface area (Å²) < 4.78 is 2.02. The Bertz CT molecular complexity index is 378. The van der Waals surface area contributed by atoms with Gasteiger partial charge in [0.1, 0.15) is 0 Å². The van der Waals surface area contributed by atoms with E-state index in [1.165, 1.54) is 63.5 Å². The molecule has 120 valence electrons. The molecule has 0 radical (unpaired) electrons. The summed E-state index contributed by atoms with van der Waals surface area (Å²) in [5.74, 6) is 0.880. The predicted molar refractivity (Wildman–Crippen MR) is 89.4 cm³/mol. The lowest BCUT2D eigenvalue weighted by Crippen LogP contribution is -2.37. The van der Waals surface area contributed by atoms with Gasteiger partial charge >= 0.3 is 0 Å². The highest BCUT2D eigenvalue weighted by Crippen LogP contribution is 2.27. The van der Waals surface area contributed by atoms with Crippen LogP contribution in [0.4, 0.5) is 0 Å². The number of nitrogens with one attached hydrogen (secondary N) is 1. The van der Waals surface area contributed by atoms with Crippen LogP contribution in [0, 0.1) is 5.92 Å². The summed E-state index contributed by atoms with van der Waals surface area (Å²) in [6, 6.07) is 2.85. The highest BCUT2D eigenvalue weighted by molar-refractivity contribution is 5.00. The normalized spacial score (nSPS) is 19.1. The Morgan fingerprint density at radius 2 is 1.95 bits per heavy atom. The fourth-order valence-electron chi connectivity index (χ4n) is 3.67. The van der Waals surface area contributed by atoms with E-state index in [0.29, 0.717) is 6.04 Å². The summed E-state index contributed by atoms with van der Waals surface area (Å²) in [5.41, 5.74) is 1.36. The molecule has 1 aliphatic carbocycles. The second kappa shape index (κ2) is 9.24. The summed E-state index contributed by atoms with van der Waals surface area (Å²) >= 11 is 0. The largest absolute Gasteiger partial charge is 0.314 e. The molecule has 2 rings (SSSR count). The second-order valence-electron chi connectivity index (χ2n) is 6.65. The number of rotatable bonds is 7. The number of hydrogen-bond acceptors (Lipinski definition) is 2. The predicted octanol–water partition coefficient (Wildman–Crippen LogP) is 4.08. The maximum Gasteiger partial charge on any atom is 0.0492 e. The van der Waals surface area contributed by atoms with Crippen molar-refractivity contribution in [3.8, 4) is 0 Å². The topological polar surface area (TPSA) is 29.9 Å². The molecule has 0 bridgehead atoms. The Balaban J connectivity index is 1.90. The van der Waals surface area contributed by atoms with E-state index in [-0.39, 0.29) is 0 Å². The molecule has 1 unspecified atom stereocenters. The first kappa shape index (κ1) is 16.5. The molecule has 0 saturated heterocycles. The first-order valence-electron chi connectivity index (χ1n) is 9.01. The minimum Gasteiger partial charge on any atom is -0.314 e. The van der Waals surface area contributed by atoms with Crippen LogP contribution in [-0.2, 0) is 13.5 Å². The molecule has 1 saturated carbocycles. The molecule has 1 N–H and O–H groups in total. The summed E-state index contributed by atoms with van der Waals surface area (Å²) in [4.78, 5) is 0. The molecule has 1 aliphatic rings. The highest BCUT2D eigenvalue weighted by Gasteiger charge is 2.21. The van der Waals surface area contributed by atoms with Gasteiger partial charge in [-0.3, -0.25) is 4.68 Å². The van der Waals surface area contributed by atoms with Gasteiger partial charge in [-0.05, 0) is 50.6 Å². The van der Waals surface area contributed by atoms with Gasteiger partial charge in [-0.15, -0.1) is 0 Å². The van der Waals surface area contributed by atoms with E-state index in [1.54, 1.807) is 0 Å². The minimum absolute atomic E-state index is 0.693. The maximum atomic E-state index is 4.29. The van der Waals surface area contributed by atoms with E-state index in [1.807, 2.05) is 10.9 Å². The van der Waals surface area contributed by atoms with Crippen molar-refractivity contribution in [2.45, 2.75) is 77.2 Å². The SMILES string of the molecule is CCCNC(CCc1ccnn1C)C1CCCCCCC1. The van der Waals surface area contributed by atoms with Crippen molar-refractivity contribution in [3.05, 3.63) is 18.0 Å². The lowest BCUT2D eigenvalue weighted by molar-refractivity contribution is 0.273. The average Bonchev–Trinajstić information content (AvgIpc) is 2.85. The zero-order chi connectivity index (χ0) is 14.9. The van der Waals surface area contributed by atoms with E-state index in [4.69, 9.17) is 0 Å². The van der Waals surface area contributed by atoms with E-state index in [9.17, 15) is 0 Å². The standard InChI is InChI=1S/C18H33N3/c1-3-14-19-18(12-11-17-13-15-20-21(17)2)16-9-7-5-4-6-8-10-16/h13,15-16,18-19H,3-12,14H2,1-2H3. The van der Waals surface area contributed by atoms with Gasteiger partial charge in [-0.2, -0.15) is 5.10 Å². The molecule has 3 heteroatoms. The van der Waals surface area contributed by atoms with E-state index < -0.39 is 0 Å². The van der Waals surface area contributed by atoms with Crippen LogP contribution < -0.4 is 5.32 Å². The quantitative estimate of drug-likeness (QED) is 0.820. The third kappa shape index (κ3) is 5.46. The Morgan fingerprint density at radius 3 is 2.57 bits per heavy atom. The minimum atomic E-state index is 0.693. The van der Waals surface area contributed by atoms with E-state index in [0.717, 1.165) is 18.9 Å². The molecule has 1 atom stereocenters. The summed E-state index contributed by atoms with van der Waals surface area (Å²) in [7, 11) is 2.06. The molecule has 0 aromatic carbocycles. The summed E-state index contributed by atoms with van der Waals surface area (Å²) in [6.45, 7) is 3.43. The van der Waals surface area contributed by atoms with Gasteiger partial charge in [0.2, 0.25) is 0 Å². The maximum absolute atomic E-state index is 4.29. The van der Waals surface area contributed by atoms with E-state index >= 15 is 0 Å². The van der Waals surface area contributed by atoms with Crippen molar-refractivity contribution in [2.75, 3.05) is 6.54 Å². The Labute approximate surface area is 130 Å². The first-order valence-corrected chi connectivity index (χ1v) is 9.01. The molecule has 1 heterocycles. The third-order valence-corrected chi connectivity index (χ3v) is 5.01. The second-order valence-corrected chi connectivity index (χ2v) is 6.65. The van der Waals surface area contributed by atoms with E-state index in [2.05, 4.69) is 30.5 Å². The van der Waals surface area contributed by atoms with Crippen molar-refractivity contribution < 1.29 is 0 Å². The monoisotopic (exact) mass is 291 g/mol. The van der Waals surface area contributed by atoms with Crippen LogP contribution in [0.2, 0.25) is 0 Å². The van der Waals surface area contributed by atoms with Gasteiger partial charge in [-0.1, -0.05) is 39.0 Å². The Hall–Kier alpha value is -0.830. The molecular formula is C18H33N3. The van der Waals surface area contributed by atoms with Crippen LogP contribution in [0.25, 0.3) is 0 Å². The Morgan fingerprint density at radius 1 is 1.24 bits per heavy atom. The lowest BCUT2D eigenvalue weighted by atomic mass is 9.83. The smallest absolute Gasteiger partial charge is 0.0492 e. The molecular weight excluding hydrogens is 258 g/mol. The summed E-state index contributed by atoms with van der Waals surface area (Å²) in [5, 5.41) is 8.13. The van der Waals surface area contributed by atoms with Gasteiger partial charge < -0.3 is 5.32 Å². The van der Waals surface area contributed by atoms with Crippen LogP contribution in [0.1, 0.15) is 70.4 Å². The molecule has 0 aliphatic heterocycles. The molecule has 1 fully saturated rings. The molecule has 1 aromatic heterocycles. The van der Waals surface area contributed by atoms with Crippen molar-refractivity contribution in [1.82, 2.24) is 15.1 Å². The Kier molecular flexibility index (Phi) is 7.28. The fraction of sp³-hybridized carbons (Fsp3) is 0.833. The van der Waals surface area contributed by atoms with Crippen molar-refractivity contribution in [2.24, 2.45) is 13.0 Å². The average molecular weight is 291 g/mol. The van der Waals surface area contributed by atoms with Gasteiger partial charge in [0.25, 0.3) is 0 Å². The van der Waals surface area contributed by atoms with Crippen LogP contribution >= 0.6 is 0 Å². The lowest BCUT2D eigenvalue weighted by Gasteiger charge is -2.30. The van der Waals surface area contributed by atoms with Crippen LogP contribution in [-0.4, -0.2) is 22.4 Å². The molecule has 0 amide bonds. The van der Waals surface area contributed by atoms with Crippen molar-refractivity contribution in [3.63, 3.8) is 0 Å². The summed E-state index contributed by atoms with van der Waals surface area (Å²) in [6.07, 6.45) is 15.6. The first-order chi connectivity index (χ1) is 10.3. The third-order valence-electron chi connectivity index (χ3n) is 5.01. The van der Waals surface area contributed by atoms with Gasteiger partial charge in [-0.25, -0.2) is 0 Å². The van der Waals surface area contributed by atoms with Crippen LogP contribution in [0.3, 0.4) is 0 Å². The number of hydrogen-bond donors (Lipinski definition) is 1. The number of aromatic nitrogens is 2. The van der Waals surface area contributed by atoms with Gasteiger partial charge in [0.05, 0.1) is 0 Å². The van der Waals surface area contributed by atoms with Crippen LogP contribution in [0.15, 0.2) is 12.3 Å². The van der Waals surface area contributed by atoms with Gasteiger partial charge in [0.15, 0.2) is 0 Å². The molecule has 21 heavy (non-hydrogen) atoms. The zero-order valence-corrected chi connectivity index (χ0v) is 14.0. The molecule has 1 aromatic rings. The highest BCUT2D eigenvalue weighted by atomic mass is 15.2. The molecule has 3 nitrogen and oxygen atoms in total. The molecule has 0 spiro atoms. The van der Waals surface area contributed by atoms with Crippen molar-refractivity contribution in [1.29, 1.82) is 0 Å². The number of nitrogens with zero attached hydrogens (tertiary/aromatic N) is 2.